The van der Waals surface area contributed by atoms with E-state index in [4.69, 9.17) is 9.47 Å². The first-order chi connectivity index (χ1) is 8.35. The van der Waals surface area contributed by atoms with Gasteiger partial charge < -0.3 is 9.47 Å². The van der Waals surface area contributed by atoms with Gasteiger partial charge in [-0.3, -0.25) is 0 Å². The van der Waals surface area contributed by atoms with Crippen molar-refractivity contribution in [1.82, 2.24) is 0 Å². The Morgan fingerprint density at radius 2 is 1.24 bits per heavy atom. The van der Waals surface area contributed by atoms with E-state index in [9.17, 15) is 0 Å². The molecule has 0 aliphatic carbocycles. The first-order valence-electron chi connectivity index (χ1n) is 7.33. The second kappa shape index (κ2) is 14.0. The first-order valence-corrected chi connectivity index (χ1v) is 7.33. The van der Waals surface area contributed by atoms with Gasteiger partial charge in [0.05, 0.1) is 0 Å². The number of hydrogen-bond acceptors (Lipinski definition) is 2. The van der Waals surface area contributed by atoms with Crippen LogP contribution in [0.5, 0.6) is 0 Å². The molecule has 1 atom stereocenters. The van der Waals surface area contributed by atoms with Gasteiger partial charge in [0.1, 0.15) is 0 Å². The summed E-state index contributed by atoms with van der Waals surface area (Å²) in [5, 5.41) is 0. The summed E-state index contributed by atoms with van der Waals surface area (Å²) in [5.74, 6) is 0.920. The van der Waals surface area contributed by atoms with Gasteiger partial charge >= 0.3 is 0 Å². The quantitative estimate of drug-likeness (QED) is 0.446. The second-order valence-corrected chi connectivity index (χ2v) is 4.96. The van der Waals surface area contributed by atoms with Crippen molar-refractivity contribution in [1.29, 1.82) is 0 Å². The maximum Gasteiger partial charge on any atom is 0.0462 e. The highest BCUT2D eigenvalue weighted by atomic mass is 16.5. The van der Waals surface area contributed by atoms with E-state index in [1.54, 1.807) is 14.2 Å². The van der Waals surface area contributed by atoms with E-state index in [2.05, 4.69) is 6.92 Å². The van der Waals surface area contributed by atoms with E-state index < -0.39 is 0 Å². The summed E-state index contributed by atoms with van der Waals surface area (Å²) in [6.45, 7) is 4.16. The van der Waals surface area contributed by atoms with Crippen LogP contribution in [0.4, 0.5) is 0 Å². The Bertz CT molecular complexity index is 137. The van der Waals surface area contributed by atoms with E-state index in [1.165, 1.54) is 57.8 Å². The molecule has 0 saturated heterocycles. The molecule has 0 amide bonds. The minimum Gasteiger partial charge on any atom is -0.385 e. The molecule has 2 heteroatoms. The van der Waals surface area contributed by atoms with Gasteiger partial charge in [0, 0.05) is 27.4 Å². The third kappa shape index (κ3) is 12.2. The van der Waals surface area contributed by atoms with Crippen molar-refractivity contribution in [3.05, 3.63) is 0 Å². The minimum atomic E-state index is 0.920. The predicted molar refractivity (Wildman–Crippen MR) is 74.5 cm³/mol. The summed E-state index contributed by atoms with van der Waals surface area (Å²) in [7, 11) is 3.58. The zero-order valence-electron chi connectivity index (χ0n) is 12.2. The van der Waals surface area contributed by atoms with Crippen LogP contribution < -0.4 is 0 Å². The van der Waals surface area contributed by atoms with E-state index in [1.807, 2.05) is 0 Å². The molecule has 0 heterocycles. The van der Waals surface area contributed by atoms with Gasteiger partial charge in [-0.25, -0.2) is 0 Å². The van der Waals surface area contributed by atoms with Gasteiger partial charge in [-0.15, -0.1) is 0 Å². The monoisotopic (exact) mass is 244 g/mol. The maximum atomic E-state index is 5.11. The Hall–Kier alpha value is -0.0800. The Balaban J connectivity index is 3.25. The van der Waals surface area contributed by atoms with Crippen molar-refractivity contribution in [3.8, 4) is 0 Å². The van der Waals surface area contributed by atoms with E-state index in [0.717, 1.165) is 19.1 Å². The van der Waals surface area contributed by atoms with Crippen LogP contribution in [0.1, 0.15) is 64.7 Å². The Morgan fingerprint density at radius 1 is 0.706 bits per heavy atom. The summed E-state index contributed by atoms with van der Waals surface area (Å²) in [4.78, 5) is 0. The fraction of sp³-hybridized carbons (Fsp3) is 1.00. The maximum absolute atomic E-state index is 5.11. The highest BCUT2D eigenvalue weighted by Crippen LogP contribution is 2.19. The molecule has 104 valence electrons. The van der Waals surface area contributed by atoms with Crippen LogP contribution in [0.25, 0.3) is 0 Å². The lowest BCUT2D eigenvalue weighted by Crippen LogP contribution is -2.01. The van der Waals surface area contributed by atoms with Crippen molar-refractivity contribution in [3.63, 3.8) is 0 Å². The SMILES string of the molecule is CCC(CCCCCCCOC)CCCOC. The predicted octanol–water partition coefficient (Wildman–Crippen LogP) is 4.43. The van der Waals surface area contributed by atoms with Crippen LogP contribution in [-0.2, 0) is 9.47 Å². The normalized spacial score (nSPS) is 12.9. The fourth-order valence-electron chi connectivity index (χ4n) is 2.28. The number of ether oxygens (including phenoxy) is 2. The molecule has 0 aromatic heterocycles. The average Bonchev–Trinajstić information content (AvgIpc) is 2.35. The smallest absolute Gasteiger partial charge is 0.0462 e. The van der Waals surface area contributed by atoms with Crippen molar-refractivity contribution >= 4 is 0 Å². The minimum absolute atomic E-state index is 0.920. The van der Waals surface area contributed by atoms with Gasteiger partial charge in [-0.05, 0) is 25.2 Å². The third-order valence-corrected chi connectivity index (χ3v) is 3.50. The molecular weight excluding hydrogens is 212 g/mol. The van der Waals surface area contributed by atoms with E-state index in [-0.39, 0.29) is 0 Å². The molecule has 0 aliphatic heterocycles. The van der Waals surface area contributed by atoms with Gasteiger partial charge in [0.15, 0.2) is 0 Å². The topological polar surface area (TPSA) is 18.5 Å². The van der Waals surface area contributed by atoms with Crippen molar-refractivity contribution < 1.29 is 9.47 Å². The lowest BCUT2D eigenvalue weighted by molar-refractivity contribution is 0.184. The van der Waals surface area contributed by atoms with Gasteiger partial charge in [-0.1, -0.05) is 45.4 Å². The molecule has 0 rings (SSSR count). The number of rotatable bonds is 13. The average molecular weight is 244 g/mol. The van der Waals surface area contributed by atoms with Crippen LogP contribution in [-0.4, -0.2) is 27.4 Å². The third-order valence-electron chi connectivity index (χ3n) is 3.50. The summed E-state index contributed by atoms with van der Waals surface area (Å²) in [5.41, 5.74) is 0. The molecule has 0 aromatic rings. The van der Waals surface area contributed by atoms with Crippen LogP contribution >= 0.6 is 0 Å². The largest absolute Gasteiger partial charge is 0.385 e. The molecule has 0 saturated carbocycles. The highest BCUT2D eigenvalue weighted by Gasteiger charge is 2.05. The Labute approximate surface area is 108 Å². The fourth-order valence-corrected chi connectivity index (χ4v) is 2.28. The van der Waals surface area contributed by atoms with Crippen LogP contribution in [0.2, 0.25) is 0 Å². The standard InChI is InChI=1S/C15H32O2/c1-4-15(12-10-14-17-3)11-8-6-5-7-9-13-16-2/h15H,4-14H2,1-3H3. The second-order valence-electron chi connectivity index (χ2n) is 4.96. The van der Waals surface area contributed by atoms with Crippen LogP contribution in [0.15, 0.2) is 0 Å². The summed E-state index contributed by atoms with van der Waals surface area (Å²) < 4.78 is 10.2. The zero-order valence-corrected chi connectivity index (χ0v) is 12.2. The summed E-state index contributed by atoms with van der Waals surface area (Å²) in [6, 6.07) is 0. The van der Waals surface area contributed by atoms with Crippen LogP contribution in [0.3, 0.4) is 0 Å². The molecule has 0 spiro atoms. The molecule has 2 nitrogen and oxygen atoms in total. The van der Waals surface area contributed by atoms with E-state index in [0.29, 0.717) is 0 Å². The Kier molecular flexibility index (Phi) is 13.9. The van der Waals surface area contributed by atoms with Crippen molar-refractivity contribution in [2.75, 3.05) is 27.4 Å². The van der Waals surface area contributed by atoms with Gasteiger partial charge in [0.25, 0.3) is 0 Å². The van der Waals surface area contributed by atoms with E-state index >= 15 is 0 Å². The molecule has 1 unspecified atom stereocenters. The molecule has 0 aromatic carbocycles. The van der Waals surface area contributed by atoms with Crippen molar-refractivity contribution in [2.24, 2.45) is 5.92 Å². The molecule has 0 fully saturated rings. The number of hydrogen-bond donors (Lipinski definition) is 0. The molecule has 0 radical (unpaired) electrons. The molecular formula is C15H32O2. The lowest BCUT2D eigenvalue weighted by atomic mass is 9.93. The van der Waals surface area contributed by atoms with Gasteiger partial charge in [-0.2, -0.15) is 0 Å². The molecule has 0 bridgehead atoms. The first kappa shape index (κ1) is 16.9. The van der Waals surface area contributed by atoms with Crippen molar-refractivity contribution in [2.45, 2.75) is 64.7 Å². The number of unbranched alkanes of at least 4 members (excludes halogenated alkanes) is 4. The zero-order chi connectivity index (χ0) is 12.8. The molecule has 17 heavy (non-hydrogen) atoms. The lowest BCUT2D eigenvalue weighted by Gasteiger charge is -2.14. The van der Waals surface area contributed by atoms with Gasteiger partial charge in [0.2, 0.25) is 0 Å². The molecule has 0 N–H and O–H groups in total. The number of methoxy groups -OCH3 is 2. The summed E-state index contributed by atoms with van der Waals surface area (Å²) in [6.07, 6.45) is 12.0. The molecule has 0 aliphatic rings. The summed E-state index contributed by atoms with van der Waals surface area (Å²) >= 11 is 0. The highest BCUT2D eigenvalue weighted by molar-refractivity contribution is 4.58. The Morgan fingerprint density at radius 3 is 1.88 bits per heavy atom. The van der Waals surface area contributed by atoms with Crippen LogP contribution in [0, 0.1) is 5.92 Å².